The highest BCUT2D eigenvalue weighted by Gasteiger charge is 2.10. The van der Waals surface area contributed by atoms with Gasteiger partial charge in [0.1, 0.15) is 11.5 Å². The van der Waals surface area contributed by atoms with E-state index < -0.39 is 18.5 Å². The number of hydrogen-bond acceptors (Lipinski definition) is 6. The summed E-state index contributed by atoms with van der Waals surface area (Å²) in [4.78, 5) is 24.9. The van der Waals surface area contributed by atoms with Crippen LogP contribution in [0.25, 0.3) is 6.08 Å². The second-order valence-corrected chi connectivity index (χ2v) is 6.21. The van der Waals surface area contributed by atoms with Crippen LogP contribution >= 0.6 is 11.8 Å². The average molecular weight is 387 g/mol. The molecule has 2 aromatic carbocycles. The molecule has 0 radical (unpaired) electrons. The zero-order chi connectivity index (χ0) is 19.6. The summed E-state index contributed by atoms with van der Waals surface area (Å²) in [5, 5.41) is 2.63. The van der Waals surface area contributed by atoms with E-state index in [0.717, 1.165) is 10.5 Å². The van der Waals surface area contributed by atoms with Crippen LogP contribution in [0.3, 0.4) is 0 Å². The topological polar surface area (TPSA) is 73.9 Å². The van der Waals surface area contributed by atoms with Crippen LogP contribution in [-0.4, -0.2) is 39.0 Å². The third-order valence-corrected chi connectivity index (χ3v) is 4.30. The third-order valence-electron chi connectivity index (χ3n) is 3.56. The molecule has 2 rings (SSSR count). The molecule has 7 heteroatoms. The number of carbonyl (C=O) groups is 2. The van der Waals surface area contributed by atoms with Gasteiger partial charge in [-0.3, -0.25) is 4.79 Å². The van der Waals surface area contributed by atoms with Crippen LogP contribution in [0.15, 0.2) is 53.4 Å². The van der Waals surface area contributed by atoms with Gasteiger partial charge in [-0.1, -0.05) is 12.1 Å². The number of anilines is 1. The smallest absolute Gasteiger partial charge is 0.331 e. The van der Waals surface area contributed by atoms with Crippen LogP contribution in [0.2, 0.25) is 0 Å². The summed E-state index contributed by atoms with van der Waals surface area (Å²) in [6.07, 6.45) is 4.92. The van der Waals surface area contributed by atoms with Crippen molar-refractivity contribution in [3.63, 3.8) is 0 Å². The lowest BCUT2D eigenvalue weighted by Gasteiger charge is -2.11. The molecule has 1 amide bonds. The van der Waals surface area contributed by atoms with Crippen molar-refractivity contribution < 1.29 is 23.8 Å². The van der Waals surface area contributed by atoms with E-state index in [1.54, 1.807) is 36.0 Å². The Bertz CT molecular complexity index is 818. The molecule has 0 heterocycles. The normalized spacial score (nSPS) is 10.5. The Morgan fingerprint density at radius 3 is 2.44 bits per heavy atom. The molecule has 0 fully saturated rings. The molecule has 0 spiro atoms. The maximum atomic E-state index is 12.0. The largest absolute Gasteiger partial charge is 0.497 e. The van der Waals surface area contributed by atoms with Crippen LogP contribution in [0.1, 0.15) is 5.56 Å². The standard InChI is InChI=1S/C20H21NO5S/c1-24-15-7-10-17(18(12-15)25-2)21-19(22)13-26-20(23)11-6-14-4-8-16(27-3)9-5-14/h4-12H,13H2,1-3H3,(H,21,22)/b11-6+. The second kappa shape index (κ2) is 10.3. The molecule has 2 aromatic rings. The Hall–Kier alpha value is -2.93. The van der Waals surface area contributed by atoms with Crippen molar-refractivity contribution in [2.24, 2.45) is 0 Å². The molecule has 0 saturated heterocycles. The van der Waals surface area contributed by atoms with E-state index in [0.29, 0.717) is 17.2 Å². The number of nitrogens with one attached hydrogen (secondary N) is 1. The highest BCUT2D eigenvalue weighted by atomic mass is 32.2. The fourth-order valence-electron chi connectivity index (χ4n) is 2.15. The Morgan fingerprint density at radius 2 is 1.81 bits per heavy atom. The lowest BCUT2D eigenvalue weighted by atomic mass is 10.2. The minimum Gasteiger partial charge on any atom is -0.497 e. The van der Waals surface area contributed by atoms with E-state index >= 15 is 0 Å². The summed E-state index contributed by atoms with van der Waals surface area (Å²) in [6.45, 7) is -0.399. The molecule has 142 valence electrons. The number of amides is 1. The predicted molar refractivity (Wildman–Crippen MR) is 106 cm³/mol. The van der Waals surface area contributed by atoms with Gasteiger partial charge in [-0.2, -0.15) is 0 Å². The van der Waals surface area contributed by atoms with Crippen molar-refractivity contribution in [1.82, 2.24) is 0 Å². The van der Waals surface area contributed by atoms with Crippen molar-refractivity contribution >= 4 is 35.4 Å². The van der Waals surface area contributed by atoms with Gasteiger partial charge >= 0.3 is 5.97 Å². The summed E-state index contributed by atoms with van der Waals surface area (Å²) in [6, 6.07) is 12.7. The zero-order valence-corrected chi connectivity index (χ0v) is 16.2. The van der Waals surface area contributed by atoms with Gasteiger partial charge in [-0.25, -0.2) is 4.79 Å². The maximum absolute atomic E-state index is 12.0. The Balaban J connectivity index is 1.85. The van der Waals surface area contributed by atoms with Gasteiger partial charge < -0.3 is 19.5 Å². The molecule has 27 heavy (non-hydrogen) atoms. The van der Waals surface area contributed by atoms with Crippen molar-refractivity contribution in [2.45, 2.75) is 4.90 Å². The first kappa shape index (κ1) is 20.4. The molecule has 0 atom stereocenters. The maximum Gasteiger partial charge on any atom is 0.331 e. The van der Waals surface area contributed by atoms with Crippen LogP contribution in [-0.2, 0) is 14.3 Å². The summed E-state index contributed by atoms with van der Waals surface area (Å²) in [5.41, 5.74) is 1.33. The highest BCUT2D eigenvalue weighted by molar-refractivity contribution is 7.98. The number of thioether (sulfide) groups is 1. The van der Waals surface area contributed by atoms with Crippen molar-refractivity contribution in [2.75, 3.05) is 32.4 Å². The van der Waals surface area contributed by atoms with Gasteiger partial charge in [0.25, 0.3) is 5.91 Å². The molecule has 0 aliphatic rings. The summed E-state index contributed by atoms with van der Waals surface area (Å²) in [7, 11) is 3.03. The van der Waals surface area contributed by atoms with E-state index in [1.807, 2.05) is 30.5 Å². The second-order valence-electron chi connectivity index (χ2n) is 5.33. The molecule has 0 saturated carbocycles. The Morgan fingerprint density at radius 1 is 1.07 bits per heavy atom. The lowest BCUT2D eigenvalue weighted by Crippen LogP contribution is -2.20. The third kappa shape index (κ3) is 6.38. The van der Waals surface area contributed by atoms with Crippen molar-refractivity contribution in [3.05, 3.63) is 54.1 Å². The molecule has 0 aromatic heterocycles. The summed E-state index contributed by atoms with van der Waals surface area (Å²) in [5.74, 6) is -0.0140. The van der Waals surface area contributed by atoms with Crippen LogP contribution in [0, 0.1) is 0 Å². The molecule has 0 unspecified atom stereocenters. The average Bonchev–Trinajstić information content (AvgIpc) is 2.71. The molecule has 0 aliphatic heterocycles. The quantitative estimate of drug-likeness (QED) is 0.424. The fourth-order valence-corrected chi connectivity index (χ4v) is 2.56. The number of benzene rings is 2. The van der Waals surface area contributed by atoms with Gasteiger partial charge in [0.05, 0.1) is 19.9 Å². The number of esters is 1. The molecule has 6 nitrogen and oxygen atoms in total. The van der Waals surface area contributed by atoms with Crippen molar-refractivity contribution in [3.8, 4) is 11.5 Å². The molecule has 1 N–H and O–H groups in total. The molecular formula is C20H21NO5S. The summed E-state index contributed by atoms with van der Waals surface area (Å²) >= 11 is 1.64. The number of rotatable bonds is 8. The monoisotopic (exact) mass is 387 g/mol. The Labute approximate surface area is 162 Å². The van der Waals surface area contributed by atoms with E-state index in [2.05, 4.69) is 5.32 Å². The van der Waals surface area contributed by atoms with Crippen LogP contribution in [0.4, 0.5) is 5.69 Å². The van der Waals surface area contributed by atoms with Crippen molar-refractivity contribution in [1.29, 1.82) is 0 Å². The van der Waals surface area contributed by atoms with Gasteiger partial charge in [-0.15, -0.1) is 11.8 Å². The number of carbonyl (C=O) groups excluding carboxylic acids is 2. The molecule has 0 bridgehead atoms. The molecule has 0 aliphatic carbocycles. The van der Waals surface area contributed by atoms with E-state index in [-0.39, 0.29) is 0 Å². The molecular weight excluding hydrogens is 366 g/mol. The number of methoxy groups -OCH3 is 2. The van der Waals surface area contributed by atoms with E-state index in [9.17, 15) is 9.59 Å². The Kier molecular flexibility index (Phi) is 7.76. The SMILES string of the molecule is COc1ccc(NC(=O)COC(=O)/C=C/c2ccc(SC)cc2)c(OC)c1. The van der Waals surface area contributed by atoms with Crippen LogP contribution < -0.4 is 14.8 Å². The minimum atomic E-state index is -0.596. The summed E-state index contributed by atoms with van der Waals surface area (Å²) < 4.78 is 15.3. The van der Waals surface area contributed by atoms with E-state index in [4.69, 9.17) is 14.2 Å². The first-order valence-corrected chi connectivity index (χ1v) is 9.29. The van der Waals surface area contributed by atoms with Crippen LogP contribution in [0.5, 0.6) is 11.5 Å². The van der Waals surface area contributed by atoms with Gasteiger partial charge in [0.2, 0.25) is 0 Å². The minimum absolute atomic E-state index is 0.399. The first-order chi connectivity index (χ1) is 13.0. The fraction of sp³-hybridized carbons (Fsp3) is 0.200. The van der Waals surface area contributed by atoms with E-state index in [1.165, 1.54) is 20.3 Å². The zero-order valence-electron chi connectivity index (χ0n) is 15.4. The lowest BCUT2D eigenvalue weighted by molar-refractivity contribution is -0.142. The first-order valence-electron chi connectivity index (χ1n) is 8.06. The number of hydrogen-bond donors (Lipinski definition) is 1. The van der Waals surface area contributed by atoms with Gasteiger partial charge in [0, 0.05) is 17.0 Å². The van der Waals surface area contributed by atoms with Gasteiger partial charge in [-0.05, 0) is 42.2 Å². The van der Waals surface area contributed by atoms with Gasteiger partial charge in [0.15, 0.2) is 6.61 Å². The predicted octanol–water partition coefficient (Wildman–Crippen LogP) is 3.62. The number of ether oxygens (including phenoxy) is 3. The highest BCUT2D eigenvalue weighted by Crippen LogP contribution is 2.28.